The number of carbonyl (C=O) groups is 2. The van der Waals surface area contributed by atoms with Crippen molar-refractivity contribution in [2.75, 3.05) is 19.1 Å². The Morgan fingerprint density at radius 1 is 1.00 bits per heavy atom. The molecule has 1 fully saturated rings. The molecule has 1 aromatic heterocycles. The highest BCUT2D eigenvalue weighted by Crippen LogP contribution is 2.36. The molecule has 0 spiro atoms. The van der Waals surface area contributed by atoms with Crippen LogP contribution < -0.4 is 19.7 Å². The largest absolute Gasteiger partial charge is 0.497 e. The van der Waals surface area contributed by atoms with Gasteiger partial charge in [0, 0.05) is 17.3 Å². The maximum absolute atomic E-state index is 14.2. The third-order valence-electron chi connectivity index (χ3n) is 6.95. The molecule has 0 radical (unpaired) electrons. The van der Waals surface area contributed by atoms with Crippen molar-refractivity contribution in [1.29, 1.82) is 0 Å². The molecule has 4 aromatic rings. The molecule has 1 saturated carbocycles. The Balaban J connectivity index is 1.61. The summed E-state index contributed by atoms with van der Waals surface area (Å²) in [6, 6.07) is 21.0. The van der Waals surface area contributed by atoms with Crippen molar-refractivity contribution in [3.05, 3.63) is 78.4 Å². The Kier molecular flexibility index (Phi) is 7.53. The van der Waals surface area contributed by atoms with E-state index >= 15 is 0 Å². The molecule has 1 N–H and O–H groups in total. The fourth-order valence-electron chi connectivity index (χ4n) is 5.07. The zero-order valence-electron chi connectivity index (χ0n) is 21.5. The predicted octanol–water partition coefficient (Wildman–Crippen LogP) is 4.28. The van der Waals surface area contributed by atoms with E-state index < -0.39 is 6.04 Å². The van der Waals surface area contributed by atoms with Crippen molar-refractivity contribution in [3.8, 4) is 11.5 Å². The van der Waals surface area contributed by atoms with Crippen LogP contribution in [-0.4, -0.2) is 47.1 Å². The average molecular weight is 514 g/mol. The third-order valence-corrected chi connectivity index (χ3v) is 6.95. The second-order valence-corrected chi connectivity index (χ2v) is 9.34. The van der Waals surface area contributed by atoms with E-state index in [2.05, 4.69) is 15.6 Å². The number of hydrogen-bond acceptors (Lipinski definition) is 6. The number of benzene rings is 3. The van der Waals surface area contributed by atoms with Crippen molar-refractivity contribution in [2.45, 2.75) is 44.3 Å². The van der Waals surface area contributed by atoms with Crippen molar-refractivity contribution in [1.82, 2.24) is 20.3 Å². The minimum atomic E-state index is -1.01. The summed E-state index contributed by atoms with van der Waals surface area (Å²) in [6.07, 6.45) is 3.97. The third kappa shape index (κ3) is 5.18. The number of ether oxygens (including phenoxy) is 2. The van der Waals surface area contributed by atoms with Crippen LogP contribution in [0.1, 0.15) is 37.3 Å². The van der Waals surface area contributed by atoms with Gasteiger partial charge >= 0.3 is 0 Å². The second-order valence-electron chi connectivity index (χ2n) is 9.34. The molecule has 0 saturated heterocycles. The number of nitrogens with one attached hydrogen (secondary N) is 1. The number of anilines is 1. The van der Waals surface area contributed by atoms with E-state index in [1.54, 1.807) is 37.1 Å². The minimum absolute atomic E-state index is 0.0635. The summed E-state index contributed by atoms with van der Waals surface area (Å²) in [5.41, 5.74) is 2.54. The van der Waals surface area contributed by atoms with Gasteiger partial charge in [0.05, 0.1) is 19.7 Å². The van der Waals surface area contributed by atoms with E-state index in [1.807, 2.05) is 54.6 Å². The van der Waals surface area contributed by atoms with Crippen LogP contribution in [0.5, 0.6) is 11.5 Å². The molecule has 0 unspecified atom stereocenters. The molecule has 196 valence electrons. The summed E-state index contributed by atoms with van der Waals surface area (Å²) in [4.78, 5) is 29.7. The zero-order chi connectivity index (χ0) is 26.5. The lowest BCUT2D eigenvalue weighted by Gasteiger charge is -2.33. The number of carbonyl (C=O) groups excluding carboxylic acids is 2. The summed E-state index contributed by atoms with van der Waals surface area (Å²) in [5, 5.41) is 11.6. The second kappa shape index (κ2) is 11.3. The molecule has 3 aromatic carbocycles. The van der Waals surface area contributed by atoms with Crippen LogP contribution in [0.4, 0.5) is 5.69 Å². The molecule has 1 heterocycles. The minimum Gasteiger partial charge on any atom is -0.497 e. The normalized spacial score (nSPS) is 14.3. The lowest BCUT2D eigenvalue weighted by molar-refractivity contribution is -0.127. The summed E-state index contributed by atoms with van der Waals surface area (Å²) in [7, 11) is 3.11. The van der Waals surface area contributed by atoms with Gasteiger partial charge in [0.25, 0.3) is 0 Å². The van der Waals surface area contributed by atoms with Gasteiger partial charge < -0.3 is 14.8 Å². The van der Waals surface area contributed by atoms with Crippen LogP contribution in [0.2, 0.25) is 0 Å². The fraction of sp³-hybridized carbons (Fsp3) is 0.310. The highest BCUT2D eigenvalue weighted by molar-refractivity contribution is 6.02. The van der Waals surface area contributed by atoms with E-state index in [9.17, 15) is 9.59 Å². The molecule has 9 nitrogen and oxygen atoms in total. The summed E-state index contributed by atoms with van der Waals surface area (Å²) < 4.78 is 12.7. The highest BCUT2D eigenvalue weighted by atomic mass is 16.5. The molecule has 9 heteroatoms. The Hall–Kier alpha value is -4.40. The predicted molar refractivity (Wildman–Crippen MR) is 144 cm³/mol. The highest BCUT2D eigenvalue weighted by Gasteiger charge is 2.36. The molecule has 38 heavy (non-hydrogen) atoms. The fourth-order valence-corrected chi connectivity index (χ4v) is 5.07. The van der Waals surface area contributed by atoms with Gasteiger partial charge in [0.1, 0.15) is 29.6 Å². The van der Waals surface area contributed by atoms with Crippen LogP contribution in [-0.2, 0) is 16.1 Å². The molecular weight excluding hydrogens is 482 g/mol. The Morgan fingerprint density at radius 2 is 1.74 bits per heavy atom. The van der Waals surface area contributed by atoms with Crippen LogP contribution in [0.25, 0.3) is 11.0 Å². The summed E-state index contributed by atoms with van der Waals surface area (Å²) in [6.45, 7) is -0.102. The first-order valence-corrected chi connectivity index (χ1v) is 12.8. The van der Waals surface area contributed by atoms with E-state index in [0.29, 0.717) is 28.3 Å². The maximum atomic E-state index is 14.2. The van der Waals surface area contributed by atoms with Crippen molar-refractivity contribution < 1.29 is 19.1 Å². The van der Waals surface area contributed by atoms with Crippen molar-refractivity contribution >= 4 is 28.5 Å². The van der Waals surface area contributed by atoms with Gasteiger partial charge in [0.2, 0.25) is 11.8 Å². The van der Waals surface area contributed by atoms with Crippen molar-refractivity contribution in [2.24, 2.45) is 0 Å². The smallest absolute Gasteiger partial charge is 0.249 e. The number of hydrogen-bond donors (Lipinski definition) is 1. The van der Waals surface area contributed by atoms with E-state index in [-0.39, 0.29) is 24.4 Å². The van der Waals surface area contributed by atoms with Gasteiger partial charge in [-0.3, -0.25) is 14.5 Å². The van der Waals surface area contributed by atoms with E-state index in [4.69, 9.17) is 9.47 Å². The van der Waals surface area contributed by atoms with Crippen LogP contribution in [0, 0.1) is 0 Å². The monoisotopic (exact) mass is 513 g/mol. The molecule has 2 amide bonds. The van der Waals surface area contributed by atoms with Crippen LogP contribution in [0.15, 0.2) is 72.8 Å². The number of methoxy groups -OCH3 is 2. The Bertz CT molecular complexity index is 1420. The summed E-state index contributed by atoms with van der Waals surface area (Å²) in [5.74, 6) is 0.451. The van der Waals surface area contributed by atoms with Gasteiger partial charge in [-0.25, -0.2) is 4.68 Å². The molecule has 1 aliphatic carbocycles. The first kappa shape index (κ1) is 25.3. The lowest BCUT2D eigenvalue weighted by Crippen LogP contribution is -2.47. The molecule has 5 rings (SSSR count). The number of fused-ring (bicyclic) bond motifs is 1. The van der Waals surface area contributed by atoms with Crippen molar-refractivity contribution in [3.63, 3.8) is 0 Å². The maximum Gasteiger partial charge on any atom is 0.249 e. The number of nitrogens with zero attached hydrogens (tertiary/aromatic N) is 4. The zero-order valence-corrected chi connectivity index (χ0v) is 21.5. The molecule has 1 aliphatic rings. The molecule has 0 bridgehead atoms. The number of rotatable bonds is 9. The SMILES string of the molecule is COc1ccc(OC)c([C@@H](C(=O)NC2CCCC2)N(C(=O)Cn2nnc3ccccc32)c2ccccc2)c1. The topological polar surface area (TPSA) is 98.6 Å². The lowest BCUT2D eigenvalue weighted by atomic mass is 10.0. The Labute approximate surface area is 221 Å². The van der Waals surface area contributed by atoms with Gasteiger partial charge in [-0.05, 0) is 55.3 Å². The number of amides is 2. The molecule has 0 aliphatic heterocycles. The van der Waals surface area contributed by atoms with Gasteiger partial charge in [-0.2, -0.15) is 0 Å². The number of aromatic nitrogens is 3. The standard InChI is InChI=1S/C29H31N5O4/c1-37-22-16-17-26(38-2)23(18-22)28(29(36)30-20-10-6-7-11-20)34(21-12-4-3-5-13-21)27(35)19-33-25-15-9-8-14-24(25)31-32-33/h3-5,8-9,12-18,20,28H,6-7,10-11,19H2,1-2H3,(H,30,36)/t28-/m0/s1. The first-order chi connectivity index (χ1) is 18.6. The van der Waals surface area contributed by atoms with E-state index in [1.165, 1.54) is 4.90 Å². The molecule has 1 atom stereocenters. The van der Waals surface area contributed by atoms with Gasteiger partial charge in [-0.1, -0.05) is 48.4 Å². The average Bonchev–Trinajstić information content (AvgIpc) is 3.61. The van der Waals surface area contributed by atoms with Gasteiger partial charge in [-0.15, -0.1) is 5.10 Å². The van der Waals surface area contributed by atoms with Crippen LogP contribution in [0.3, 0.4) is 0 Å². The summed E-state index contributed by atoms with van der Waals surface area (Å²) >= 11 is 0. The van der Waals surface area contributed by atoms with E-state index in [0.717, 1.165) is 31.2 Å². The van der Waals surface area contributed by atoms with Gasteiger partial charge in [0.15, 0.2) is 0 Å². The number of para-hydroxylation sites is 2. The first-order valence-electron chi connectivity index (χ1n) is 12.8. The van der Waals surface area contributed by atoms with Crippen LogP contribution >= 0.6 is 0 Å². The quantitative estimate of drug-likeness (QED) is 0.359. The molecular formula is C29H31N5O4. The Morgan fingerprint density at radius 3 is 2.47 bits per heavy atom.